The molecular formula is C15H20ClN3O2S2. The van der Waals surface area contributed by atoms with Crippen molar-refractivity contribution < 1.29 is 9.59 Å². The van der Waals surface area contributed by atoms with Gasteiger partial charge in [-0.1, -0.05) is 0 Å². The summed E-state index contributed by atoms with van der Waals surface area (Å²) in [7, 11) is 0. The Kier molecular flexibility index (Phi) is 6.02. The van der Waals surface area contributed by atoms with Gasteiger partial charge in [0.15, 0.2) is 0 Å². The molecule has 0 spiro atoms. The van der Waals surface area contributed by atoms with Crippen LogP contribution in [0.4, 0.5) is 0 Å². The lowest BCUT2D eigenvalue weighted by Crippen LogP contribution is -2.51. The standard InChI is InChI=1S/C15H19N3O2S2.ClH/c1-10(16)8-14(19)17-3-5-18(6-4-17)15(20)13-9-12-11(22-13)2-7-21-12;/h2,7,9-10H,3-6,8,16H2,1H3;1H. The van der Waals surface area contributed by atoms with E-state index in [0.29, 0.717) is 32.6 Å². The fourth-order valence-electron chi connectivity index (χ4n) is 2.59. The number of carbonyl (C=O) groups is 2. The Bertz CT molecular complexity index is 661. The van der Waals surface area contributed by atoms with E-state index in [1.807, 2.05) is 29.3 Å². The maximum atomic E-state index is 12.5. The number of amides is 2. The zero-order valence-corrected chi connectivity index (χ0v) is 15.3. The van der Waals surface area contributed by atoms with Crippen LogP contribution < -0.4 is 5.73 Å². The average molecular weight is 374 g/mol. The van der Waals surface area contributed by atoms with Gasteiger partial charge in [0.25, 0.3) is 5.91 Å². The summed E-state index contributed by atoms with van der Waals surface area (Å²) in [5.41, 5.74) is 5.67. The lowest BCUT2D eigenvalue weighted by atomic mass is 10.2. The van der Waals surface area contributed by atoms with Gasteiger partial charge in [-0.2, -0.15) is 0 Å². The fourth-order valence-corrected chi connectivity index (χ4v) is 4.67. The van der Waals surface area contributed by atoms with Gasteiger partial charge < -0.3 is 15.5 Å². The Morgan fingerprint density at radius 2 is 1.87 bits per heavy atom. The highest BCUT2D eigenvalue weighted by Crippen LogP contribution is 2.30. The molecule has 1 saturated heterocycles. The first kappa shape index (κ1) is 18.2. The molecule has 2 aromatic rings. The van der Waals surface area contributed by atoms with Crippen LogP contribution in [0.2, 0.25) is 0 Å². The molecule has 1 unspecified atom stereocenters. The van der Waals surface area contributed by atoms with Crippen molar-refractivity contribution in [3.05, 3.63) is 22.4 Å². The highest BCUT2D eigenvalue weighted by molar-refractivity contribution is 7.27. The van der Waals surface area contributed by atoms with Gasteiger partial charge in [0, 0.05) is 48.0 Å². The molecule has 1 aliphatic rings. The summed E-state index contributed by atoms with van der Waals surface area (Å²) >= 11 is 3.20. The predicted octanol–water partition coefficient (Wildman–Crippen LogP) is 2.41. The first-order chi connectivity index (χ1) is 10.5. The molecule has 0 radical (unpaired) electrons. The maximum absolute atomic E-state index is 12.5. The maximum Gasteiger partial charge on any atom is 0.264 e. The molecule has 1 fully saturated rings. The third kappa shape index (κ3) is 4.03. The van der Waals surface area contributed by atoms with Crippen molar-refractivity contribution in [2.24, 2.45) is 5.73 Å². The van der Waals surface area contributed by atoms with Crippen molar-refractivity contribution in [3.63, 3.8) is 0 Å². The molecule has 5 nitrogen and oxygen atoms in total. The lowest BCUT2D eigenvalue weighted by Gasteiger charge is -2.34. The summed E-state index contributed by atoms with van der Waals surface area (Å²) in [4.78, 5) is 29.0. The average Bonchev–Trinajstić information content (AvgIpc) is 3.07. The topological polar surface area (TPSA) is 66.6 Å². The number of thiophene rings is 2. The van der Waals surface area contributed by atoms with Gasteiger partial charge in [-0.15, -0.1) is 35.1 Å². The molecule has 0 bridgehead atoms. The van der Waals surface area contributed by atoms with E-state index >= 15 is 0 Å². The van der Waals surface area contributed by atoms with Crippen LogP contribution in [0.15, 0.2) is 17.5 Å². The van der Waals surface area contributed by atoms with Crippen LogP contribution in [0.3, 0.4) is 0 Å². The van der Waals surface area contributed by atoms with E-state index in [4.69, 9.17) is 5.73 Å². The smallest absolute Gasteiger partial charge is 0.264 e. The van der Waals surface area contributed by atoms with Crippen molar-refractivity contribution in [2.75, 3.05) is 26.2 Å². The molecule has 2 aromatic heterocycles. The highest BCUT2D eigenvalue weighted by Gasteiger charge is 2.26. The number of carbonyl (C=O) groups excluding carboxylic acids is 2. The Balaban J connectivity index is 0.00000192. The molecule has 3 heterocycles. The van der Waals surface area contributed by atoms with Crippen LogP contribution in [0, 0.1) is 0 Å². The van der Waals surface area contributed by atoms with E-state index in [1.54, 1.807) is 27.6 Å². The van der Waals surface area contributed by atoms with Crippen molar-refractivity contribution >= 4 is 56.3 Å². The Labute approximate surface area is 149 Å². The van der Waals surface area contributed by atoms with E-state index in [2.05, 4.69) is 0 Å². The van der Waals surface area contributed by atoms with Gasteiger partial charge in [-0.3, -0.25) is 9.59 Å². The second kappa shape index (κ2) is 7.61. The molecule has 23 heavy (non-hydrogen) atoms. The molecule has 0 aromatic carbocycles. The summed E-state index contributed by atoms with van der Waals surface area (Å²) in [6.07, 6.45) is 0.370. The number of piperazine rings is 1. The minimum Gasteiger partial charge on any atom is -0.339 e. The van der Waals surface area contributed by atoms with Gasteiger partial charge in [0.05, 0.1) is 4.88 Å². The third-order valence-electron chi connectivity index (χ3n) is 3.77. The quantitative estimate of drug-likeness (QED) is 0.898. The van der Waals surface area contributed by atoms with Crippen molar-refractivity contribution in [1.29, 1.82) is 0 Å². The van der Waals surface area contributed by atoms with Crippen LogP contribution in [0.5, 0.6) is 0 Å². The summed E-state index contributed by atoms with van der Waals surface area (Å²) in [6, 6.07) is 3.90. The minimum absolute atomic E-state index is 0. The number of rotatable bonds is 3. The summed E-state index contributed by atoms with van der Waals surface area (Å²) < 4.78 is 2.33. The largest absolute Gasteiger partial charge is 0.339 e. The minimum atomic E-state index is -0.119. The monoisotopic (exact) mass is 373 g/mol. The first-order valence-electron chi connectivity index (χ1n) is 7.34. The SMILES string of the molecule is CC(N)CC(=O)N1CCN(C(=O)c2cc3sccc3s2)CC1.Cl. The van der Waals surface area contributed by atoms with Crippen LogP contribution in [-0.2, 0) is 4.79 Å². The van der Waals surface area contributed by atoms with Crippen molar-refractivity contribution in [2.45, 2.75) is 19.4 Å². The summed E-state index contributed by atoms with van der Waals surface area (Å²) in [5.74, 6) is 0.159. The van der Waals surface area contributed by atoms with Gasteiger partial charge in [-0.05, 0) is 24.4 Å². The Morgan fingerprint density at radius 3 is 2.48 bits per heavy atom. The number of hydrogen-bond donors (Lipinski definition) is 1. The fraction of sp³-hybridized carbons (Fsp3) is 0.467. The van der Waals surface area contributed by atoms with Gasteiger partial charge in [0.2, 0.25) is 5.91 Å². The van der Waals surface area contributed by atoms with E-state index in [9.17, 15) is 9.59 Å². The first-order valence-corrected chi connectivity index (χ1v) is 9.04. The second-order valence-electron chi connectivity index (χ2n) is 5.61. The normalized spacial score (nSPS) is 16.3. The van der Waals surface area contributed by atoms with E-state index in [1.165, 1.54) is 9.40 Å². The van der Waals surface area contributed by atoms with Crippen molar-refractivity contribution in [1.82, 2.24) is 9.80 Å². The molecule has 8 heteroatoms. The number of fused-ring (bicyclic) bond motifs is 1. The lowest BCUT2D eigenvalue weighted by molar-refractivity contribution is -0.132. The molecule has 1 aliphatic heterocycles. The van der Waals surface area contributed by atoms with E-state index in [0.717, 1.165) is 4.88 Å². The third-order valence-corrected chi connectivity index (χ3v) is 5.85. The second-order valence-corrected chi connectivity index (χ2v) is 7.65. The number of nitrogens with two attached hydrogens (primary N) is 1. The number of halogens is 1. The zero-order chi connectivity index (χ0) is 15.7. The van der Waals surface area contributed by atoms with E-state index < -0.39 is 0 Å². The molecule has 2 amide bonds. The van der Waals surface area contributed by atoms with Gasteiger partial charge in [0.1, 0.15) is 0 Å². The van der Waals surface area contributed by atoms with Gasteiger partial charge >= 0.3 is 0 Å². The van der Waals surface area contributed by atoms with Crippen LogP contribution in [0.25, 0.3) is 9.40 Å². The number of hydrogen-bond acceptors (Lipinski definition) is 5. The van der Waals surface area contributed by atoms with Gasteiger partial charge in [-0.25, -0.2) is 0 Å². The van der Waals surface area contributed by atoms with Crippen LogP contribution >= 0.6 is 35.1 Å². The molecule has 0 saturated carbocycles. The molecule has 2 N–H and O–H groups in total. The molecule has 1 atom stereocenters. The molecule has 126 valence electrons. The predicted molar refractivity (Wildman–Crippen MR) is 97.7 cm³/mol. The Hall–Kier alpha value is -1.15. The van der Waals surface area contributed by atoms with Crippen molar-refractivity contribution in [3.8, 4) is 0 Å². The molecule has 3 rings (SSSR count). The summed E-state index contributed by atoms with van der Waals surface area (Å²) in [6.45, 7) is 4.21. The van der Waals surface area contributed by atoms with Crippen LogP contribution in [-0.4, -0.2) is 53.8 Å². The highest BCUT2D eigenvalue weighted by atomic mass is 35.5. The molecule has 0 aliphatic carbocycles. The van der Waals surface area contributed by atoms with E-state index in [-0.39, 0.29) is 30.3 Å². The Morgan fingerprint density at radius 1 is 1.22 bits per heavy atom. The zero-order valence-electron chi connectivity index (χ0n) is 12.9. The molecular weight excluding hydrogens is 354 g/mol. The van der Waals surface area contributed by atoms with Crippen LogP contribution in [0.1, 0.15) is 23.0 Å². The summed E-state index contributed by atoms with van der Waals surface area (Å²) in [5, 5.41) is 2.04. The number of nitrogens with zero attached hydrogens (tertiary/aromatic N) is 2.